The summed E-state index contributed by atoms with van der Waals surface area (Å²) in [6.07, 6.45) is 0.382. The third-order valence-corrected chi connectivity index (χ3v) is 4.78. The predicted molar refractivity (Wildman–Crippen MR) is 117 cm³/mol. The molecule has 4 nitrogen and oxygen atoms in total. The number of ether oxygens (including phenoxy) is 2. The summed E-state index contributed by atoms with van der Waals surface area (Å²) >= 11 is 6.64. The van der Waals surface area contributed by atoms with E-state index in [4.69, 9.17) is 21.1 Å². The fourth-order valence-corrected chi connectivity index (χ4v) is 3.46. The van der Waals surface area contributed by atoms with Gasteiger partial charge in [0.1, 0.15) is 23.3 Å². The van der Waals surface area contributed by atoms with E-state index in [0.717, 1.165) is 16.7 Å². The van der Waals surface area contributed by atoms with Crippen molar-refractivity contribution in [3.8, 4) is 23.3 Å². The lowest BCUT2D eigenvalue weighted by atomic mass is 9.91. The first-order valence-corrected chi connectivity index (χ1v) is 9.92. The van der Waals surface area contributed by atoms with E-state index in [0.29, 0.717) is 29.2 Å². The van der Waals surface area contributed by atoms with E-state index in [9.17, 15) is 10.1 Å². The number of carbonyl (C=O) groups excluding carboxylic acids is 1. The molecule has 3 aromatic carbocycles. The molecule has 0 atom stereocenters. The molecule has 3 rings (SSSR count). The summed E-state index contributed by atoms with van der Waals surface area (Å²) in [5, 5.41) is 9.62. The number of rotatable bonds is 6. The molecule has 0 fully saturated rings. The number of nitrogens with zero attached hydrogens (tertiary/aromatic N) is 1. The number of nitriles is 1. The number of esters is 1. The second-order valence-electron chi connectivity index (χ2n) is 7.35. The SMILES string of the molecule is CC(=O)Oc1cccc(C(C)(C)Cl)c1Cc1cccc(C#N)c1Oc1ccccc1. The number of carbonyl (C=O) groups is 1. The van der Waals surface area contributed by atoms with Gasteiger partial charge in [-0.1, -0.05) is 42.5 Å². The molecular formula is C25H22ClNO3. The second kappa shape index (κ2) is 9.02. The topological polar surface area (TPSA) is 59.3 Å². The Bertz CT molecular complexity index is 1100. The van der Waals surface area contributed by atoms with Gasteiger partial charge in [-0.15, -0.1) is 11.6 Å². The predicted octanol–water partition coefficient (Wildman–Crippen LogP) is 6.34. The fraction of sp³-hybridized carbons (Fsp3) is 0.200. The minimum atomic E-state index is -0.682. The van der Waals surface area contributed by atoms with Gasteiger partial charge >= 0.3 is 5.97 Å². The van der Waals surface area contributed by atoms with Gasteiger partial charge in [-0.05, 0) is 43.7 Å². The van der Waals surface area contributed by atoms with Crippen LogP contribution in [0.3, 0.4) is 0 Å². The summed E-state index contributed by atoms with van der Waals surface area (Å²) in [6, 6.07) is 22.4. The second-order valence-corrected chi connectivity index (χ2v) is 8.29. The lowest BCUT2D eigenvalue weighted by Gasteiger charge is -2.23. The van der Waals surface area contributed by atoms with Crippen LogP contribution in [-0.2, 0) is 16.1 Å². The van der Waals surface area contributed by atoms with Crippen LogP contribution in [0.4, 0.5) is 0 Å². The Balaban J connectivity index is 2.13. The molecule has 0 aromatic heterocycles. The Hall–Kier alpha value is -3.29. The Morgan fingerprint density at radius 3 is 2.37 bits per heavy atom. The molecule has 0 heterocycles. The van der Waals surface area contributed by atoms with Crippen molar-refractivity contribution in [3.05, 3.63) is 89.0 Å². The Labute approximate surface area is 181 Å². The number of halogens is 1. The van der Waals surface area contributed by atoms with Crippen molar-refractivity contribution < 1.29 is 14.3 Å². The van der Waals surface area contributed by atoms with Crippen molar-refractivity contribution in [1.82, 2.24) is 0 Å². The Kier molecular flexibility index (Phi) is 6.44. The minimum Gasteiger partial charge on any atom is -0.456 e. The average molecular weight is 420 g/mol. The molecule has 30 heavy (non-hydrogen) atoms. The Morgan fingerprint density at radius 2 is 1.73 bits per heavy atom. The van der Waals surface area contributed by atoms with Crippen LogP contribution in [0.1, 0.15) is 43.0 Å². The smallest absolute Gasteiger partial charge is 0.308 e. The van der Waals surface area contributed by atoms with Crippen LogP contribution in [0, 0.1) is 11.3 Å². The lowest BCUT2D eigenvalue weighted by Crippen LogP contribution is -2.14. The monoisotopic (exact) mass is 419 g/mol. The summed E-state index contributed by atoms with van der Waals surface area (Å²) in [5.41, 5.74) is 2.84. The van der Waals surface area contributed by atoms with E-state index in [1.807, 2.05) is 68.4 Å². The largest absolute Gasteiger partial charge is 0.456 e. The molecule has 0 amide bonds. The molecule has 0 saturated carbocycles. The first kappa shape index (κ1) is 21.4. The molecule has 3 aromatic rings. The zero-order valence-corrected chi connectivity index (χ0v) is 17.9. The van der Waals surface area contributed by atoms with Gasteiger partial charge in [0.25, 0.3) is 0 Å². The molecule has 0 unspecified atom stereocenters. The molecule has 0 saturated heterocycles. The highest BCUT2D eigenvalue weighted by atomic mass is 35.5. The summed E-state index contributed by atoms with van der Waals surface area (Å²) in [4.78, 5) is 11.0. The van der Waals surface area contributed by atoms with Crippen LogP contribution < -0.4 is 9.47 Å². The normalized spacial score (nSPS) is 10.9. The van der Waals surface area contributed by atoms with Crippen LogP contribution >= 0.6 is 11.6 Å². The first-order chi connectivity index (χ1) is 14.3. The molecule has 0 radical (unpaired) electrons. The van der Waals surface area contributed by atoms with E-state index in [1.54, 1.807) is 12.1 Å². The standard InChI is InChI=1S/C25H22ClNO3/c1-17(28)29-23-14-8-13-22(25(2,3)26)21(23)15-18-9-7-10-19(16-27)24(18)30-20-11-5-4-6-12-20/h4-14H,15H2,1-3H3. The third kappa shape index (κ3) is 5.00. The van der Waals surface area contributed by atoms with Crippen LogP contribution in [-0.4, -0.2) is 5.97 Å². The van der Waals surface area contributed by atoms with Crippen molar-refractivity contribution in [1.29, 1.82) is 5.26 Å². The van der Waals surface area contributed by atoms with Crippen molar-refractivity contribution in [2.75, 3.05) is 0 Å². The number of benzene rings is 3. The van der Waals surface area contributed by atoms with Gasteiger partial charge in [0.2, 0.25) is 0 Å². The average Bonchev–Trinajstić information content (AvgIpc) is 2.70. The van der Waals surface area contributed by atoms with Gasteiger partial charge in [0.15, 0.2) is 0 Å². The molecule has 152 valence electrons. The highest BCUT2D eigenvalue weighted by Gasteiger charge is 2.25. The number of hydrogen-bond donors (Lipinski definition) is 0. The molecule has 0 bridgehead atoms. The molecular weight excluding hydrogens is 398 g/mol. The van der Waals surface area contributed by atoms with Gasteiger partial charge in [-0.2, -0.15) is 5.26 Å². The van der Waals surface area contributed by atoms with Crippen molar-refractivity contribution in [3.63, 3.8) is 0 Å². The minimum absolute atomic E-state index is 0.382. The highest BCUT2D eigenvalue weighted by Crippen LogP contribution is 2.39. The third-order valence-electron chi connectivity index (χ3n) is 4.57. The number of alkyl halides is 1. The molecule has 0 N–H and O–H groups in total. The summed E-state index contributed by atoms with van der Waals surface area (Å²) in [5.74, 6) is 1.14. The van der Waals surface area contributed by atoms with Crippen LogP contribution in [0.2, 0.25) is 0 Å². The van der Waals surface area contributed by atoms with E-state index in [-0.39, 0.29) is 0 Å². The zero-order chi connectivity index (χ0) is 21.7. The molecule has 0 aliphatic heterocycles. The summed E-state index contributed by atoms with van der Waals surface area (Å²) in [7, 11) is 0. The van der Waals surface area contributed by atoms with Crippen molar-refractivity contribution in [2.45, 2.75) is 32.1 Å². The Morgan fingerprint density at radius 1 is 1.03 bits per heavy atom. The fourth-order valence-electron chi connectivity index (χ4n) is 3.28. The lowest BCUT2D eigenvalue weighted by molar-refractivity contribution is -0.131. The maximum atomic E-state index is 11.7. The molecule has 0 aliphatic carbocycles. The number of hydrogen-bond acceptors (Lipinski definition) is 4. The van der Waals surface area contributed by atoms with Crippen LogP contribution in [0.5, 0.6) is 17.2 Å². The zero-order valence-electron chi connectivity index (χ0n) is 17.1. The molecule has 0 aliphatic rings. The van der Waals surface area contributed by atoms with Crippen molar-refractivity contribution >= 4 is 17.6 Å². The van der Waals surface area contributed by atoms with Gasteiger partial charge in [-0.3, -0.25) is 4.79 Å². The highest BCUT2D eigenvalue weighted by molar-refractivity contribution is 6.23. The van der Waals surface area contributed by atoms with Crippen LogP contribution in [0.25, 0.3) is 0 Å². The van der Waals surface area contributed by atoms with Gasteiger partial charge in [-0.25, -0.2) is 0 Å². The maximum Gasteiger partial charge on any atom is 0.308 e. The van der Waals surface area contributed by atoms with Crippen LogP contribution in [0.15, 0.2) is 66.7 Å². The summed E-state index contributed by atoms with van der Waals surface area (Å²) in [6.45, 7) is 5.14. The number of para-hydroxylation sites is 2. The maximum absolute atomic E-state index is 11.7. The van der Waals surface area contributed by atoms with Gasteiger partial charge in [0.05, 0.1) is 10.4 Å². The summed E-state index contributed by atoms with van der Waals surface area (Å²) < 4.78 is 11.6. The first-order valence-electron chi connectivity index (χ1n) is 9.54. The quantitative estimate of drug-likeness (QED) is 0.265. The van der Waals surface area contributed by atoms with Gasteiger partial charge in [0, 0.05) is 24.5 Å². The van der Waals surface area contributed by atoms with E-state index >= 15 is 0 Å². The van der Waals surface area contributed by atoms with E-state index < -0.39 is 10.8 Å². The van der Waals surface area contributed by atoms with E-state index in [2.05, 4.69) is 6.07 Å². The van der Waals surface area contributed by atoms with Crippen molar-refractivity contribution in [2.24, 2.45) is 0 Å². The molecule has 5 heteroatoms. The van der Waals surface area contributed by atoms with E-state index in [1.165, 1.54) is 6.92 Å². The molecule has 0 spiro atoms. The van der Waals surface area contributed by atoms with Gasteiger partial charge < -0.3 is 9.47 Å².